The second-order valence-electron chi connectivity index (χ2n) is 3.56. The van der Waals surface area contributed by atoms with Gasteiger partial charge in [-0.05, 0) is 30.9 Å². The van der Waals surface area contributed by atoms with E-state index in [1.54, 1.807) is 7.11 Å². The number of hydrogen-bond donors (Lipinski definition) is 1. The van der Waals surface area contributed by atoms with Crippen molar-refractivity contribution in [3.63, 3.8) is 0 Å². The highest BCUT2D eigenvalue weighted by molar-refractivity contribution is 9.10. The van der Waals surface area contributed by atoms with Crippen LogP contribution in [0.15, 0.2) is 22.7 Å². The summed E-state index contributed by atoms with van der Waals surface area (Å²) in [6.45, 7) is 3.20. The molecule has 0 saturated carbocycles. The van der Waals surface area contributed by atoms with Gasteiger partial charge in [0.05, 0.1) is 7.11 Å². The maximum atomic E-state index is 5.17. The minimum atomic E-state index is 0.354. The number of rotatable bonds is 6. The highest BCUT2D eigenvalue weighted by Crippen LogP contribution is 2.27. The smallest absolute Gasteiger partial charge is 0.120 e. The summed E-state index contributed by atoms with van der Waals surface area (Å²) in [7, 11) is 1.68. The first-order valence-corrected chi connectivity index (χ1v) is 7.43. The maximum Gasteiger partial charge on any atom is 0.120 e. The van der Waals surface area contributed by atoms with Gasteiger partial charge >= 0.3 is 0 Å². The number of nitrogens with one attached hydrogen (secondary N) is 1. The molecule has 2 nitrogen and oxygen atoms in total. The fourth-order valence-electron chi connectivity index (χ4n) is 1.47. The van der Waals surface area contributed by atoms with Crippen LogP contribution in [0, 0.1) is 0 Å². The quantitative estimate of drug-likeness (QED) is 0.813. The van der Waals surface area contributed by atoms with Crippen molar-refractivity contribution in [2.24, 2.45) is 0 Å². The van der Waals surface area contributed by atoms with Crippen LogP contribution >= 0.6 is 27.7 Å². The zero-order chi connectivity index (χ0) is 12.0. The Morgan fingerprint density at radius 3 is 2.81 bits per heavy atom. The van der Waals surface area contributed by atoms with E-state index in [0.717, 1.165) is 22.5 Å². The van der Waals surface area contributed by atoms with Gasteiger partial charge in [-0.2, -0.15) is 11.8 Å². The third-order valence-corrected chi connectivity index (χ3v) is 3.73. The molecule has 0 aromatic heterocycles. The Hall–Kier alpha value is -0.190. The van der Waals surface area contributed by atoms with Crippen molar-refractivity contribution >= 4 is 27.7 Å². The van der Waals surface area contributed by atoms with E-state index in [0.29, 0.717) is 6.04 Å². The average Bonchev–Trinajstić information content (AvgIpc) is 2.29. The lowest BCUT2D eigenvalue weighted by molar-refractivity contribution is 0.414. The Labute approximate surface area is 110 Å². The Morgan fingerprint density at radius 1 is 1.50 bits per heavy atom. The summed E-state index contributed by atoms with van der Waals surface area (Å²) in [5.74, 6) is 2.02. The van der Waals surface area contributed by atoms with E-state index in [-0.39, 0.29) is 0 Å². The second-order valence-corrected chi connectivity index (χ2v) is 5.40. The van der Waals surface area contributed by atoms with Gasteiger partial charge in [0.15, 0.2) is 0 Å². The largest absolute Gasteiger partial charge is 0.497 e. The van der Waals surface area contributed by atoms with Crippen molar-refractivity contribution in [3.8, 4) is 5.75 Å². The maximum absolute atomic E-state index is 5.17. The van der Waals surface area contributed by atoms with Gasteiger partial charge in [-0.25, -0.2) is 0 Å². The normalized spacial score (nSPS) is 12.5. The van der Waals surface area contributed by atoms with Crippen molar-refractivity contribution in [3.05, 3.63) is 28.2 Å². The van der Waals surface area contributed by atoms with Gasteiger partial charge in [-0.15, -0.1) is 0 Å². The SMILES string of the molecule is COc1ccc(C(C)NCCSC)c(Br)c1. The van der Waals surface area contributed by atoms with Crippen LogP contribution in [0.4, 0.5) is 0 Å². The molecule has 1 unspecified atom stereocenters. The summed E-state index contributed by atoms with van der Waals surface area (Å²) < 4.78 is 6.27. The van der Waals surface area contributed by atoms with E-state index in [1.165, 1.54) is 5.56 Å². The molecule has 0 heterocycles. The molecule has 0 fully saturated rings. The first kappa shape index (κ1) is 13.9. The van der Waals surface area contributed by atoms with Crippen LogP contribution in [0.25, 0.3) is 0 Å². The van der Waals surface area contributed by atoms with Crippen LogP contribution in [0.2, 0.25) is 0 Å². The van der Waals surface area contributed by atoms with Crippen LogP contribution in [0.3, 0.4) is 0 Å². The molecule has 0 aliphatic carbocycles. The third kappa shape index (κ3) is 4.00. The minimum Gasteiger partial charge on any atom is -0.497 e. The highest BCUT2D eigenvalue weighted by atomic mass is 79.9. The third-order valence-electron chi connectivity index (χ3n) is 2.43. The minimum absolute atomic E-state index is 0.354. The Bertz CT molecular complexity index is 333. The summed E-state index contributed by atoms with van der Waals surface area (Å²) >= 11 is 5.43. The topological polar surface area (TPSA) is 21.3 Å². The van der Waals surface area contributed by atoms with E-state index in [4.69, 9.17) is 4.74 Å². The standard InChI is InChI=1S/C12H18BrNOS/c1-9(14-6-7-16-3)11-5-4-10(15-2)8-12(11)13/h4-5,8-9,14H,6-7H2,1-3H3. The Balaban J connectivity index is 2.64. The lowest BCUT2D eigenvalue weighted by Crippen LogP contribution is -2.21. The number of ether oxygens (including phenoxy) is 1. The number of hydrogen-bond acceptors (Lipinski definition) is 3. The lowest BCUT2D eigenvalue weighted by Gasteiger charge is -2.16. The predicted molar refractivity (Wildman–Crippen MR) is 75.5 cm³/mol. The van der Waals surface area contributed by atoms with E-state index >= 15 is 0 Å². The van der Waals surface area contributed by atoms with Crippen LogP contribution in [0.5, 0.6) is 5.75 Å². The lowest BCUT2D eigenvalue weighted by atomic mass is 10.1. The highest BCUT2D eigenvalue weighted by Gasteiger charge is 2.09. The molecule has 0 spiro atoms. The zero-order valence-corrected chi connectivity index (χ0v) is 12.3. The summed E-state index contributed by atoms with van der Waals surface area (Å²) in [4.78, 5) is 0. The molecule has 1 N–H and O–H groups in total. The zero-order valence-electron chi connectivity index (χ0n) is 9.92. The molecule has 0 amide bonds. The van der Waals surface area contributed by atoms with Gasteiger partial charge in [0, 0.05) is 22.8 Å². The summed E-state index contributed by atoms with van der Waals surface area (Å²) in [5.41, 5.74) is 1.27. The van der Waals surface area contributed by atoms with Crippen molar-refractivity contribution in [2.45, 2.75) is 13.0 Å². The van der Waals surface area contributed by atoms with Gasteiger partial charge in [-0.1, -0.05) is 22.0 Å². The van der Waals surface area contributed by atoms with Crippen LogP contribution in [-0.2, 0) is 0 Å². The molecule has 0 saturated heterocycles. The van der Waals surface area contributed by atoms with E-state index in [2.05, 4.69) is 40.5 Å². The first-order valence-electron chi connectivity index (χ1n) is 5.24. The van der Waals surface area contributed by atoms with Crippen molar-refractivity contribution in [1.29, 1.82) is 0 Å². The molecule has 4 heteroatoms. The van der Waals surface area contributed by atoms with Gasteiger partial charge in [0.25, 0.3) is 0 Å². The van der Waals surface area contributed by atoms with Crippen LogP contribution in [-0.4, -0.2) is 25.7 Å². The molecule has 1 aromatic rings. The second kappa shape index (κ2) is 7.20. The number of halogens is 1. The summed E-state index contributed by atoms with van der Waals surface area (Å²) in [6.07, 6.45) is 2.12. The molecule has 0 radical (unpaired) electrons. The Kier molecular flexibility index (Phi) is 6.24. The molecule has 0 aliphatic heterocycles. The van der Waals surface area contributed by atoms with Gasteiger partial charge in [0.2, 0.25) is 0 Å². The summed E-state index contributed by atoms with van der Waals surface area (Å²) in [5, 5.41) is 3.49. The number of benzene rings is 1. The molecule has 1 rings (SSSR count). The molecule has 1 aromatic carbocycles. The predicted octanol–water partition coefficient (Wildman–Crippen LogP) is 3.47. The van der Waals surface area contributed by atoms with Gasteiger partial charge in [-0.3, -0.25) is 0 Å². The van der Waals surface area contributed by atoms with Crippen molar-refractivity contribution in [2.75, 3.05) is 25.7 Å². The van der Waals surface area contributed by atoms with E-state index in [1.807, 2.05) is 23.9 Å². The number of thioether (sulfide) groups is 1. The van der Waals surface area contributed by atoms with E-state index in [9.17, 15) is 0 Å². The van der Waals surface area contributed by atoms with Crippen molar-refractivity contribution in [1.82, 2.24) is 5.32 Å². The molecule has 0 aliphatic rings. The molecule has 0 bridgehead atoms. The molecule has 16 heavy (non-hydrogen) atoms. The Morgan fingerprint density at radius 2 is 2.25 bits per heavy atom. The van der Waals surface area contributed by atoms with Gasteiger partial charge in [0.1, 0.15) is 5.75 Å². The summed E-state index contributed by atoms with van der Waals surface area (Å²) in [6, 6.07) is 6.45. The van der Waals surface area contributed by atoms with Gasteiger partial charge < -0.3 is 10.1 Å². The molecule has 1 atom stereocenters. The first-order chi connectivity index (χ1) is 7.69. The fourth-order valence-corrected chi connectivity index (χ4v) is 2.50. The number of methoxy groups -OCH3 is 1. The molecule has 90 valence electrons. The van der Waals surface area contributed by atoms with Crippen molar-refractivity contribution < 1.29 is 4.74 Å². The fraction of sp³-hybridized carbons (Fsp3) is 0.500. The van der Waals surface area contributed by atoms with Crippen LogP contribution < -0.4 is 10.1 Å². The average molecular weight is 304 g/mol. The molecular formula is C12H18BrNOS. The van der Waals surface area contributed by atoms with E-state index < -0.39 is 0 Å². The monoisotopic (exact) mass is 303 g/mol. The van der Waals surface area contributed by atoms with Crippen LogP contribution in [0.1, 0.15) is 18.5 Å². The molecular weight excluding hydrogens is 286 g/mol.